The second-order valence-electron chi connectivity index (χ2n) is 17.4. The van der Waals surface area contributed by atoms with E-state index in [4.69, 9.17) is 65.1 Å². The minimum Gasteiger partial charge on any atom is 0 e. The Labute approximate surface area is 465 Å². The normalized spacial score (nSPS) is 22.6. The van der Waals surface area contributed by atoms with Crippen LogP contribution in [0.1, 0.15) is 68.7 Å². The van der Waals surface area contributed by atoms with Crippen LogP contribution in [0.2, 0.25) is 0 Å². The predicted molar refractivity (Wildman–Crippen MR) is 274 cm³/mol. The minimum absolute atomic E-state index is 0. The van der Waals surface area contributed by atoms with Crippen LogP contribution in [0.15, 0.2) is 0 Å². The second kappa shape index (κ2) is 47.8. The molecular formula is C44H78B4N6O26. The molecule has 36 heteroatoms. The molecule has 12 N–H and O–H groups in total. The molecule has 4 aliphatic rings. The molecule has 0 aromatic heterocycles. The van der Waals surface area contributed by atoms with Gasteiger partial charge in [0.25, 0.3) is 0 Å². The molecule has 4 aliphatic heterocycles. The number of carboxylic acid groups (broad SMARTS) is 1. The Bertz CT molecular complexity index is 1900. The van der Waals surface area contributed by atoms with E-state index in [0.717, 1.165) is 0 Å². The van der Waals surface area contributed by atoms with Gasteiger partial charge in [-0.2, -0.15) is 0 Å². The number of cyclic esters (lactones) is 8. The van der Waals surface area contributed by atoms with Crippen molar-refractivity contribution in [3.8, 4) is 0 Å². The van der Waals surface area contributed by atoms with Crippen molar-refractivity contribution in [1.82, 2.24) is 21.3 Å². The summed E-state index contributed by atoms with van der Waals surface area (Å²) in [6.45, 7) is 6.13. The molecule has 452 valence electrons. The van der Waals surface area contributed by atoms with Crippen LogP contribution >= 0.6 is 0 Å². The van der Waals surface area contributed by atoms with Gasteiger partial charge in [-0.3, -0.25) is 19.2 Å². The Morgan fingerprint density at radius 3 is 1.35 bits per heavy atom. The molecule has 4 fully saturated rings. The van der Waals surface area contributed by atoms with Crippen molar-refractivity contribution < 1.29 is 127 Å². The van der Waals surface area contributed by atoms with Crippen LogP contribution in [0.4, 0.5) is 0 Å². The number of hydrogen-bond acceptors (Lipinski definition) is 31. The van der Waals surface area contributed by atoms with Gasteiger partial charge in [0.1, 0.15) is 13.2 Å². The van der Waals surface area contributed by atoms with Crippen molar-refractivity contribution in [3.63, 3.8) is 0 Å². The van der Waals surface area contributed by atoms with Gasteiger partial charge in [-0.25, -0.2) is 0 Å². The fourth-order valence-electron chi connectivity index (χ4n) is 5.42. The second-order valence-corrected chi connectivity index (χ2v) is 17.4. The molecule has 4 saturated heterocycles. The van der Waals surface area contributed by atoms with E-state index >= 15 is 0 Å². The summed E-state index contributed by atoms with van der Waals surface area (Å²) in [5, 5.41) is 45.1. The van der Waals surface area contributed by atoms with Crippen molar-refractivity contribution in [2.45, 2.75) is 103 Å². The van der Waals surface area contributed by atoms with Crippen LogP contribution in [0.3, 0.4) is 0 Å². The summed E-state index contributed by atoms with van der Waals surface area (Å²) >= 11 is 0. The van der Waals surface area contributed by atoms with Crippen molar-refractivity contribution in [3.05, 3.63) is 0 Å². The molecule has 0 aromatic rings. The van der Waals surface area contributed by atoms with Gasteiger partial charge < -0.3 is 19.9 Å². The number of aliphatic hydroxyl groups excluding tert-OH is 3. The quantitative estimate of drug-likeness (QED) is 0.0235. The van der Waals surface area contributed by atoms with E-state index in [-0.39, 0.29) is 157 Å². The van der Waals surface area contributed by atoms with Crippen LogP contribution < -0.4 is 32.7 Å². The zero-order chi connectivity index (χ0) is 60.3. The number of nitrogens with one attached hydrogen (secondary N) is 4. The molecule has 9 unspecified atom stereocenters. The van der Waals surface area contributed by atoms with Crippen molar-refractivity contribution in [1.29, 1.82) is 0 Å². The molecule has 32 nitrogen and oxygen atoms in total. The third kappa shape index (κ3) is 40.2. The molecule has 0 amide bonds. The Kier molecular flexibility index (Phi) is 46.7. The molecule has 4 rings (SSSR count). The molecule has 9 atom stereocenters. The predicted octanol–water partition coefficient (Wildman–Crippen LogP) is -6.20. The largest absolute Gasteiger partial charge is 0 e. The van der Waals surface area contributed by atoms with E-state index in [9.17, 15) is 66.8 Å². The number of carbonyl (C=O) groups is 10. The number of ether oxygens (including phenoxy) is 8. The fourth-order valence-corrected chi connectivity index (χ4v) is 5.42. The molecular weight excluding hydrogens is 1070 g/mol. The Hall–Kier alpha value is -6.00. The van der Waals surface area contributed by atoms with Crippen LogP contribution in [0.5, 0.6) is 0 Å². The first kappa shape index (κ1) is 78.2. The zero-order valence-electron chi connectivity index (χ0n) is 44.4. The summed E-state index contributed by atoms with van der Waals surface area (Å²) in [5.74, 6) is -7.31. The van der Waals surface area contributed by atoms with E-state index in [1.54, 1.807) is 20.8 Å². The van der Waals surface area contributed by atoms with Gasteiger partial charge in [-0.1, -0.05) is 21.3 Å². The molecule has 80 heavy (non-hydrogen) atoms. The van der Waals surface area contributed by atoms with Crippen molar-refractivity contribution in [2.75, 3.05) is 91.8 Å². The zero-order valence-corrected chi connectivity index (χ0v) is 44.4. The molecule has 0 radical (unpaired) electrons. The number of esters is 9. The summed E-state index contributed by atoms with van der Waals surface area (Å²) in [6, 6.07) is -3.01. The average molecular weight is 1150 g/mol. The van der Waals surface area contributed by atoms with E-state index in [1.807, 2.05) is 0 Å². The third-order valence-electron chi connectivity index (χ3n) is 10.1. The van der Waals surface area contributed by atoms with E-state index < -0.39 is 95.6 Å². The first-order valence-corrected chi connectivity index (χ1v) is 24.5. The first-order chi connectivity index (χ1) is 37.4. The monoisotopic (exact) mass is 1150 g/mol. The maximum atomic E-state index is 11.4. The minimum atomic E-state index is -1.07. The van der Waals surface area contributed by atoms with Crippen LogP contribution in [0.25, 0.3) is 0 Å². The van der Waals surface area contributed by atoms with Gasteiger partial charge in [0.05, 0.1) is 30.7 Å². The molecule has 0 saturated carbocycles. The third-order valence-corrected chi connectivity index (χ3v) is 10.1. The maximum Gasteiger partial charge on any atom is 0 e. The van der Waals surface area contributed by atoms with Crippen LogP contribution in [-0.4, -0.2) is 237 Å². The van der Waals surface area contributed by atoms with Crippen LogP contribution in [-0.2, 0) is 105 Å². The smallest absolute Gasteiger partial charge is 0 e. The number of aliphatic carboxylic acids is 1. The molecule has 0 bridgehead atoms. The Morgan fingerprint density at radius 1 is 0.575 bits per heavy atom. The number of hydrogen-bond donors (Lipinski definition) is 10. The topological polar surface area (TPSA) is 494 Å². The summed E-state index contributed by atoms with van der Waals surface area (Å²) in [7, 11) is 2.66. The van der Waals surface area contributed by atoms with E-state index in [2.05, 4.69) is 26.0 Å². The molecule has 0 spiro atoms. The van der Waals surface area contributed by atoms with Gasteiger partial charge in [-0.15, -0.1) is 0 Å². The van der Waals surface area contributed by atoms with Crippen molar-refractivity contribution in [2.24, 2.45) is 35.1 Å². The SMILES string of the molecule is C.CC(CC(=O)OCC(CO)NCB=O)C(=O)O.CC1CC(=O)OC1=O.CC1CC(=O)OCC(N)COC1=O.CC1CC(=O)OCC(NCB=O)COC1=O.NC1CC(=O)OCC(NCB=O)COC1=O.O=BCNC(CO)CO.[HH]. The van der Waals surface area contributed by atoms with Gasteiger partial charge in [0, 0.05) is 1.43 Å². The molecule has 0 aliphatic carbocycles. The first-order valence-electron chi connectivity index (χ1n) is 24.5. The van der Waals surface area contributed by atoms with Crippen LogP contribution in [0, 0.1) is 23.7 Å². The number of rotatable bonds is 20. The summed E-state index contributed by atoms with van der Waals surface area (Å²) in [6.07, 6.45) is 0.380. The standard InChI is InChI=1S/C9H16BNO6.C9H14BNO5.C8H13BN2O5.C8H13NO4.C5H6O3.C4H10BNO3.CH4.H2/c1-6(9(14)15)2-8(13)17-4-7(3-12)11-5-10-16;1-6-2-8(12)15-3-7(11-5-10-14)4-16-9(6)13;10-6-1-7(12)15-2-5(11-4-9-14)3-16-8(6)13;1-5-2-7(10)12-3-6(9)4-13-8(5)11;1-3-2-4(6)8-5(3)7;7-1-4(2-8)6-3-5-9;;/h6-7,11-12H,2-5H2,1H3,(H,14,15);6-7,11H,2-5H2,1H3;5-6,11H,1-4,10H2;5-6H,2-4,9H2,1H3;3H,2H2,1H3;4,6-8H,1-3H2;1H4;1H. The Morgan fingerprint density at radius 2 is 0.950 bits per heavy atom. The number of carboxylic acids is 1. The number of aliphatic hydroxyl groups is 3. The van der Waals surface area contributed by atoms with E-state index in [0.29, 0.717) is 28.6 Å². The van der Waals surface area contributed by atoms with Crippen molar-refractivity contribution >= 4 is 88.3 Å². The van der Waals surface area contributed by atoms with Gasteiger partial charge in [0.15, 0.2) is 0 Å². The molecule has 0 aromatic carbocycles. The number of carbonyl (C=O) groups excluding carboxylic acids is 9. The molecule has 4 heterocycles. The summed E-state index contributed by atoms with van der Waals surface area (Å²) in [5.41, 5.74) is 10.9. The number of nitrogens with two attached hydrogens (primary N) is 2. The van der Waals surface area contributed by atoms with Gasteiger partial charge >= 0.3 is 361 Å². The summed E-state index contributed by atoms with van der Waals surface area (Å²) in [4.78, 5) is 109. The average Bonchev–Trinajstić information content (AvgIpc) is 3.78. The fraction of sp³-hybridized carbons (Fsp3) is 0.773. The van der Waals surface area contributed by atoms with E-state index in [1.165, 1.54) is 6.92 Å². The maximum absolute atomic E-state index is 11.4. The van der Waals surface area contributed by atoms with Gasteiger partial charge in [-0.05, 0) is 0 Å². The summed E-state index contributed by atoms with van der Waals surface area (Å²) < 4.78 is 78.4. The van der Waals surface area contributed by atoms with Gasteiger partial charge in [0.2, 0.25) is 0 Å². The Balaban J connectivity index is -0.000000444.